The van der Waals surface area contributed by atoms with Gasteiger partial charge in [0, 0.05) is 45.0 Å². The third-order valence-corrected chi connectivity index (χ3v) is 8.41. The summed E-state index contributed by atoms with van der Waals surface area (Å²) in [6.45, 7) is 11.6. The SMILES string of the molecule is CO[C@@H]1CCN(C(=O)Cc2cccc(N3CCO[C@H]([C@@H](OC(C)=O)C(=O)Nc4ccc(C#N)c(CN(C(=O)OC(C)(C)C)C(=O)OC(C)(C)C)c4)C3=O)c2)C1. The monoisotopic (exact) mass is 763 g/mol. The molecule has 0 unspecified atom stereocenters. The number of nitriles is 1. The van der Waals surface area contributed by atoms with Crippen LogP contribution in [0.4, 0.5) is 21.0 Å². The van der Waals surface area contributed by atoms with E-state index >= 15 is 0 Å². The highest BCUT2D eigenvalue weighted by Crippen LogP contribution is 2.26. The second kappa shape index (κ2) is 17.7. The Morgan fingerprint density at radius 2 is 1.67 bits per heavy atom. The van der Waals surface area contributed by atoms with E-state index in [-0.39, 0.29) is 48.4 Å². The largest absolute Gasteiger partial charge is 0.449 e. The molecule has 2 aliphatic rings. The van der Waals surface area contributed by atoms with Crippen LogP contribution in [0.2, 0.25) is 0 Å². The summed E-state index contributed by atoms with van der Waals surface area (Å²) < 4.78 is 27.3. The molecule has 2 fully saturated rings. The van der Waals surface area contributed by atoms with Gasteiger partial charge in [-0.15, -0.1) is 0 Å². The van der Waals surface area contributed by atoms with Gasteiger partial charge < -0.3 is 38.8 Å². The van der Waals surface area contributed by atoms with E-state index in [2.05, 4.69) is 5.32 Å². The Labute approximate surface area is 320 Å². The van der Waals surface area contributed by atoms with Crippen LogP contribution in [0.25, 0.3) is 0 Å². The van der Waals surface area contributed by atoms with E-state index < -0.39 is 59.9 Å². The molecule has 2 aliphatic heterocycles. The van der Waals surface area contributed by atoms with Crippen LogP contribution in [-0.2, 0) is 55.8 Å². The molecule has 3 atom stereocenters. The third kappa shape index (κ3) is 11.7. The normalized spacial score (nSPS) is 17.8. The molecule has 0 bridgehead atoms. The van der Waals surface area contributed by atoms with Gasteiger partial charge in [0.15, 0.2) is 6.10 Å². The van der Waals surface area contributed by atoms with E-state index in [1.54, 1.807) is 77.8 Å². The quantitative estimate of drug-likeness (QED) is 0.267. The van der Waals surface area contributed by atoms with Gasteiger partial charge >= 0.3 is 18.2 Å². The van der Waals surface area contributed by atoms with Gasteiger partial charge in [-0.25, -0.2) is 14.5 Å². The fourth-order valence-electron chi connectivity index (χ4n) is 5.91. The number of ether oxygens (including phenoxy) is 5. The van der Waals surface area contributed by atoms with E-state index in [1.807, 2.05) is 6.07 Å². The molecular formula is C39H49N5O11. The average molecular weight is 764 g/mol. The molecule has 2 saturated heterocycles. The van der Waals surface area contributed by atoms with Crippen molar-refractivity contribution in [1.29, 1.82) is 5.26 Å². The van der Waals surface area contributed by atoms with E-state index in [9.17, 15) is 34.0 Å². The number of likely N-dealkylation sites (tertiary alicyclic amines) is 1. The lowest BCUT2D eigenvalue weighted by molar-refractivity contribution is -0.167. The number of nitrogens with zero attached hydrogens (tertiary/aromatic N) is 4. The van der Waals surface area contributed by atoms with Gasteiger partial charge in [-0.05, 0) is 89.4 Å². The molecule has 296 valence electrons. The Balaban J connectivity index is 1.55. The van der Waals surface area contributed by atoms with Gasteiger partial charge in [0.25, 0.3) is 11.8 Å². The number of carbonyl (C=O) groups is 6. The summed E-state index contributed by atoms with van der Waals surface area (Å²) in [6.07, 6.45) is -4.43. The van der Waals surface area contributed by atoms with Gasteiger partial charge in [0.2, 0.25) is 12.0 Å². The molecule has 16 heteroatoms. The Morgan fingerprint density at radius 3 is 2.25 bits per heavy atom. The van der Waals surface area contributed by atoms with Crippen molar-refractivity contribution in [2.45, 2.75) is 97.4 Å². The Bertz CT molecular complexity index is 1800. The smallest absolute Gasteiger partial charge is 0.420 e. The van der Waals surface area contributed by atoms with Gasteiger partial charge in [-0.1, -0.05) is 12.1 Å². The van der Waals surface area contributed by atoms with Gasteiger partial charge in [-0.2, -0.15) is 5.26 Å². The maximum Gasteiger partial charge on any atom is 0.420 e. The summed E-state index contributed by atoms with van der Waals surface area (Å²) in [5.41, 5.74) is -0.447. The molecule has 4 rings (SSSR count). The minimum atomic E-state index is -1.74. The van der Waals surface area contributed by atoms with Crippen LogP contribution in [0.3, 0.4) is 0 Å². The number of hydrogen-bond acceptors (Lipinski definition) is 12. The van der Waals surface area contributed by atoms with Crippen molar-refractivity contribution < 1.29 is 52.5 Å². The molecule has 0 aromatic heterocycles. The van der Waals surface area contributed by atoms with Crippen LogP contribution in [-0.4, -0.2) is 109 Å². The fraction of sp³-hybridized carbons (Fsp3) is 0.513. The van der Waals surface area contributed by atoms with Crippen LogP contribution in [0.15, 0.2) is 42.5 Å². The second-order valence-corrected chi connectivity index (χ2v) is 15.2. The summed E-state index contributed by atoms with van der Waals surface area (Å²) >= 11 is 0. The van der Waals surface area contributed by atoms with Crippen LogP contribution in [0, 0.1) is 11.3 Å². The zero-order valence-electron chi connectivity index (χ0n) is 32.5. The number of rotatable bonds is 10. The van der Waals surface area contributed by atoms with E-state index in [4.69, 9.17) is 23.7 Å². The molecule has 0 aliphatic carbocycles. The third-order valence-electron chi connectivity index (χ3n) is 8.41. The molecule has 1 N–H and O–H groups in total. The lowest BCUT2D eigenvalue weighted by Crippen LogP contribution is -2.56. The highest BCUT2D eigenvalue weighted by Gasteiger charge is 2.43. The van der Waals surface area contributed by atoms with Crippen LogP contribution < -0.4 is 10.2 Å². The van der Waals surface area contributed by atoms with Crippen LogP contribution in [0.1, 0.15) is 71.6 Å². The molecule has 0 spiro atoms. The zero-order chi connectivity index (χ0) is 40.7. The molecule has 0 radical (unpaired) electrons. The van der Waals surface area contributed by atoms with Gasteiger partial charge in [-0.3, -0.25) is 19.2 Å². The standard InChI is InChI=1S/C39H49N5O11/c1-24(45)53-32(33-35(48)43(16-17-52-33)29-11-9-10-25(18-29)19-31(46)42-15-14-30(23-42)51-8)34(47)41-28-13-12-26(21-40)27(20-28)22-44(36(49)54-38(2,3)4)37(50)55-39(5,6)7/h9-13,18,20,30,32-33H,14-17,19,22-23H2,1-8H3,(H,41,47)/t30-,32-,33-/m1/s1. The molecule has 0 saturated carbocycles. The first-order valence-corrected chi connectivity index (χ1v) is 17.9. The van der Waals surface area contributed by atoms with E-state index in [1.165, 1.54) is 23.1 Å². The predicted molar refractivity (Wildman–Crippen MR) is 198 cm³/mol. The van der Waals surface area contributed by atoms with Crippen molar-refractivity contribution in [2.24, 2.45) is 0 Å². The first-order valence-electron chi connectivity index (χ1n) is 17.9. The summed E-state index contributed by atoms with van der Waals surface area (Å²) in [5.74, 6) is -2.48. The first-order chi connectivity index (χ1) is 25.8. The topological polar surface area (TPSA) is 194 Å². The Hall–Kier alpha value is -5.53. The molecule has 16 nitrogen and oxygen atoms in total. The number of nitrogens with one attached hydrogen (secondary N) is 1. The van der Waals surface area contributed by atoms with Crippen molar-refractivity contribution in [3.05, 3.63) is 59.2 Å². The predicted octanol–water partition coefficient (Wildman–Crippen LogP) is 4.32. The Morgan fingerprint density at radius 1 is 1.00 bits per heavy atom. The molecule has 2 aromatic rings. The minimum absolute atomic E-state index is 0.00166. The highest BCUT2D eigenvalue weighted by atomic mass is 16.6. The van der Waals surface area contributed by atoms with E-state index in [0.717, 1.165) is 13.3 Å². The van der Waals surface area contributed by atoms with Gasteiger partial charge in [0.1, 0.15) is 11.2 Å². The van der Waals surface area contributed by atoms with Crippen molar-refractivity contribution in [2.75, 3.05) is 43.6 Å². The maximum absolute atomic E-state index is 13.9. The van der Waals surface area contributed by atoms with Crippen molar-refractivity contribution in [1.82, 2.24) is 9.80 Å². The number of imide groups is 1. The zero-order valence-corrected chi connectivity index (χ0v) is 32.5. The summed E-state index contributed by atoms with van der Waals surface area (Å²) in [6, 6.07) is 13.1. The fourth-order valence-corrected chi connectivity index (χ4v) is 5.91. The molecule has 2 aromatic carbocycles. The lowest BCUT2D eigenvalue weighted by atomic mass is 10.1. The summed E-state index contributed by atoms with van der Waals surface area (Å²) in [4.78, 5) is 83.1. The van der Waals surface area contributed by atoms with Crippen molar-refractivity contribution >= 4 is 47.3 Å². The van der Waals surface area contributed by atoms with Crippen LogP contribution >= 0.6 is 0 Å². The number of amides is 5. The number of benzene rings is 2. The number of carbonyl (C=O) groups excluding carboxylic acids is 6. The minimum Gasteiger partial charge on any atom is -0.449 e. The Kier molecular flexibility index (Phi) is 13.6. The first kappa shape index (κ1) is 42.2. The highest BCUT2D eigenvalue weighted by molar-refractivity contribution is 6.04. The number of methoxy groups -OCH3 is 1. The number of hydrogen-bond donors (Lipinski definition) is 1. The number of esters is 1. The molecule has 55 heavy (non-hydrogen) atoms. The number of morpholine rings is 1. The van der Waals surface area contributed by atoms with Crippen molar-refractivity contribution in [3.8, 4) is 6.07 Å². The maximum atomic E-state index is 13.9. The number of anilines is 2. The lowest BCUT2D eigenvalue weighted by Gasteiger charge is -2.35. The van der Waals surface area contributed by atoms with Gasteiger partial charge in [0.05, 0.1) is 37.3 Å². The molecule has 2 heterocycles. The summed E-state index contributed by atoms with van der Waals surface area (Å²) in [7, 11) is 1.62. The average Bonchev–Trinajstić information content (AvgIpc) is 3.58. The van der Waals surface area contributed by atoms with E-state index in [0.29, 0.717) is 29.2 Å². The van der Waals surface area contributed by atoms with Crippen LogP contribution in [0.5, 0.6) is 0 Å². The van der Waals surface area contributed by atoms with Crippen molar-refractivity contribution in [3.63, 3.8) is 0 Å². The second-order valence-electron chi connectivity index (χ2n) is 15.2. The molecular weight excluding hydrogens is 714 g/mol. The molecule has 5 amide bonds. The summed E-state index contributed by atoms with van der Waals surface area (Å²) in [5, 5.41) is 12.5.